The molecule has 208 valence electrons. The number of likely N-dealkylation sites (tertiary alicyclic amines) is 1. The zero-order valence-corrected chi connectivity index (χ0v) is 21.6. The van der Waals surface area contributed by atoms with E-state index in [9.17, 15) is 33.4 Å². The molecule has 1 saturated heterocycles. The number of carbonyl (C=O) groups is 3. The highest BCUT2D eigenvalue weighted by atomic mass is 19.3. The third kappa shape index (κ3) is 6.81. The number of halogens is 2. The molecule has 4 atom stereocenters. The summed E-state index contributed by atoms with van der Waals surface area (Å²) < 4.78 is 29.0. The van der Waals surface area contributed by atoms with Gasteiger partial charge in [0, 0.05) is 23.6 Å². The Kier molecular flexibility index (Phi) is 8.64. The lowest BCUT2D eigenvalue weighted by atomic mass is 9.98. The number of carbonyl (C=O) groups excluding carboxylic acids is 3. The van der Waals surface area contributed by atoms with Crippen molar-refractivity contribution in [2.75, 3.05) is 6.54 Å². The average molecular weight is 542 g/mol. The normalized spacial score (nSPS) is 21.7. The van der Waals surface area contributed by atoms with Crippen molar-refractivity contribution in [1.29, 1.82) is 0 Å². The molecule has 0 aromatic heterocycles. The van der Waals surface area contributed by atoms with Crippen LogP contribution in [-0.4, -0.2) is 69.5 Å². The molecule has 4 N–H and O–H groups in total. The maximum absolute atomic E-state index is 14.5. The van der Waals surface area contributed by atoms with Crippen molar-refractivity contribution in [2.45, 2.75) is 69.2 Å². The summed E-state index contributed by atoms with van der Waals surface area (Å²) in [7, 11) is 0. The van der Waals surface area contributed by atoms with Crippen LogP contribution >= 0.6 is 0 Å². The predicted octanol–water partition coefficient (Wildman–Crippen LogP) is 2.86. The van der Waals surface area contributed by atoms with Gasteiger partial charge in [0.25, 0.3) is 17.7 Å². The summed E-state index contributed by atoms with van der Waals surface area (Å²) in [4.78, 5) is 40.3. The first kappa shape index (κ1) is 28.2. The lowest BCUT2D eigenvalue weighted by Crippen LogP contribution is -2.56. The second-order valence-electron chi connectivity index (χ2n) is 10.2. The van der Waals surface area contributed by atoms with Crippen molar-refractivity contribution in [3.63, 3.8) is 0 Å². The van der Waals surface area contributed by atoms with Crippen molar-refractivity contribution in [3.8, 4) is 5.75 Å². The van der Waals surface area contributed by atoms with Crippen LogP contribution in [-0.2, 0) is 16.0 Å². The second-order valence-corrected chi connectivity index (χ2v) is 10.2. The molecule has 1 heterocycles. The highest BCUT2D eigenvalue weighted by Crippen LogP contribution is 2.33. The number of benzene rings is 2. The number of phenols is 1. The Morgan fingerprint density at radius 1 is 1.13 bits per heavy atom. The van der Waals surface area contributed by atoms with E-state index < -0.39 is 54.8 Å². The Bertz CT molecular complexity index is 1240. The number of hydrogen-bond donors (Lipinski definition) is 4. The number of phenolic OH excluding ortho intramolecular Hbond substituents is 1. The van der Waals surface area contributed by atoms with E-state index in [1.165, 1.54) is 18.2 Å². The van der Waals surface area contributed by atoms with Crippen LogP contribution < -0.4 is 10.6 Å². The number of amides is 3. The minimum atomic E-state index is -3.31. The van der Waals surface area contributed by atoms with Crippen LogP contribution in [0.4, 0.5) is 8.78 Å². The number of aliphatic hydroxyl groups excluding tert-OH is 1. The summed E-state index contributed by atoms with van der Waals surface area (Å²) in [6.45, 7) is 0.536. The number of nitrogens with one attached hydrogen (secondary N) is 2. The standard InChI is InChI=1S/C29H33F2N3O5/c1-18-21(13-8-14-24(18)35)26(37)33-22(15-19-9-4-2-5-10-19)25(36)28(39)34-17-29(30,31)16-23(34)27(38)32-20-11-6-3-7-12-20/h2,4-6,8-11,13-14,20,22-23,25,35-36H,3,7,12,15-17H2,1H3,(H,32,38)(H,33,37)/t20-,22+,23+,25+/m1/s1. The maximum atomic E-state index is 14.5. The van der Waals surface area contributed by atoms with Gasteiger partial charge in [-0.15, -0.1) is 0 Å². The Morgan fingerprint density at radius 2 is 1.87 bits per heavy atom. The van der Waals surface area contributed by atoms with E-state index in [0.29, 0.717) is 17.5 Å². The Hall–Kier alpha value is -3.79. The zero-order valence-electron chi connectivity index (χ0n) is 21.6. The molecule has 39 heavy (non-hydrogen) atoms. The van der Waals surface area contributed by atoms with Gasteiger partial charge < -0.3 is 25.7 Å². The number of aromatic hydroxyl groups is 1. The van der Waals surface area contributed by atoms with Gasteiger partial charge in [-0.2, -0.15) is 0 Å². The summed E-state index contributed by atoms with van der Waals surface area (Å²) >= 11 is 0. The van der Waals surface area contributed by atoms with E-state index in [2.05, 4.69) is 10.6 Å². The third-order valence-electron chi connectivity index (χ3n) is 7.24. The summed E-state index contributed by atoms with van der Waals surface area (Å²) in [5, 5.41) is 26.5. The van der Waals surface area contributed by atoms with Gasteiger partial charge in [-0.3, -0.25) is 14.4 Å². The number of rotatable bonds is 8. The van der Waals surface area contributed by atoms with Crippen molar-refractivity contribution in [3.05, 3.63) is 77.4 Å². The molecule has 0 bridgehead atoms. The molecule has 4 rings (SSSR count). The van der Waals surface area contributed by atoms with Gasteiger partial charge in [-0.25, -0.2) is 8.78 Å². The van der Waals surface area contributed by atoms with Crippen LogP contribution in [0.3, 0.4) is 0 Å². The van der Waals surface area contributed by atoms with Gasteiger partial charge in [-0.05, 0) is 50.3 Å². The smallest absolute Gasteiger partial charge is 0.267 e. The van der Waals surface area contributed by atoms with E-state index in [-0.39, 0.29) is 23.8 Å². The quantitative estimate of drug-likeness (QED) is 0.384. The second kappa shape index (κ2) is 11.9. The molecule has 2 aliphatic rings. The van der Waals surface area contributed by atoms with E-state index in [1.54, 1.807) is 37.3 Å². The Balaban J connectivity index is 1.56. The van der Waals surface area contributed by atoms with Crippen LogP contribution in [0.5, 0.6) is 5.75 Å². The highest BCUT2D eigenvalue weighted by Gasteiger charge is 2.51. The maximum Gasteiger partial charge on any atom is 0.267 e. The van der Waals surface area contributed by atoms with Crippen LogP contribution in [0.2, 0.25) is 0 Å². The highest BCUT2D eigenvalue weighted by molar-refractivity contribution is 5.97. The number of aliphatic hydroxyl groups is 1. The zero-order chi connectivity index (χ0) is 28.2. The molecule has 3 amide bonds. The van der Waals surface area contributed by atoms with Crippen LogP contribution in [0.1, 0.15) is 47.2 Å². The summed E-state index contributed by atoms with van der Waals surface area (Å²) in [6.07, 6.45) is 3.37. The molecular weight excluding hydrogens is 508 g/mol. The molecule has 1 aliphatic heterocycles. The fraction of sp³-hybridized carbons (Fsp3) is 0.414. The predicted molar refractivity (Wildman–Crippen MR) is 140 cm³/mol. The topological polar surface area (TPSA) is 119 Å². The van der Waals surface area contributed by atoms with Gasteiger partial charge in [0.05, 0.1) is 12.6 Å². The number of nitrogens with zero attached hydrogens (tertiary/aromatic N) is 1. The van der Waals surface area contributed by atoms with Crippen molar-refractivity contribution < 1.29 is 33.4 Å². The van der Waals surface area contributed by atoms with Crippen molar-refractivity contribution >= 4 is 17.7 Å². The Labute approximate surface area is 225 Å². The van der Waals surface area contributed by atoms with Crippen LogP contribution in [0.15, 0.2) is 60.7 Å². The molecule has 1 aliphatic carbocycles. The molecule has 0 spiro atoms. The monoisotopic (exact) mass is 541 g/mol. The molecule has 10 heteroatoms. The third-order valence-corrected chi connectivity index (χ3v) is 7.24. The largest absolute Gasteiger partial charge is 0.508 e. The van der Waals surface area contributed by atoms with Crippen molar-refractivity contribution in [2.24, 2.45) is 0 Å². The fourth-order valence-electron chi connectivity index (χ4n) is 5.06. The molecule has 0 unspecified atom stereocenters. The van der Waals surface area contributed by atoms with E-state index in [4.69, 9.17) is 0 Å². The first-order valence-corrected chi connectivity index (χ1v) is 13.0. The van der Waals surface area contributed by atoms with Gasteiger partial charge in [0.2, 0.25) is 5.91 Å². The summed E-state index contributed by atoms with van der Waals surface area (Å²) in [5.41, 5.74) is 1.13. The average Bonchev–Trinajstić information content (AvgIpc) is 3.25. The van der Waals surface area contributed by atoms with Gasteiger partial charge in [0.1, 0.15) is 11.8 Å². The SMILES string of the molecule is Cc1c(O)cccc1C(=O)N[C@@H](Cc1ccccc1)[C@H](O)C(=O)N1CC(F)(F)C[C@H]1C(=O)N[C@@H]1C=CCCC1. The van der Waals surface area contributed by atoms with Gasteiger partial charge in [-0.1, -0.05) is 48.6 Å². The van der Waals surface area contributed by atoms with Crippen LogP contribution in [0, 0.1) is 6.92 Å². The van der Waals surface area contributed by atoms with E-state index >= 15 is 0 Å². The number of hydrogen-bond acceptors (Lipinski definition) is 5. The molecule has 0 radical (unpaired) electrons. The summed E-state index contributed by atoms with van der Waals surface area (Å²) in [6, 6.07) is 10.2. The lowest BCUT2D eigenvalue weighted by Gasteiger charge is -2.31. The van der Waals surface area contributed by atoms with Gasteiger partial charge >= 0.3 is 0 Å². The first-order chi connectivity index (χ1) is 18.6. The lowest BCUT2D eigenvalue weighted by molar-refractivity contribution is -0.147. The molecule has 1 fully saturated rings. The fourth-order valence-corrected chi connectivity index (χ4v) is 5.06. The van der Waals surface area contributed by atoms with Crippen LogP contribution in [0.25, 0.3) is 0 Å². The molecular formula is C29H33F2N3O5. The summed E-state index contributed by atoms with van der Waals surface area (Å²) in [5.74, 6) is -5.83. The molecule has 2 aromatic rings. The molecule has 8 nitrogen and oxygen atoms in total. The van der Waals surface area contributed by atoms with Gasteiger partial charge in [0.15, 0.2) is 6.10 Å². The van der Waals surface area contributed by atoms with Crippen molar-refractivity contribution in [1.82, 2.24) is 15.5 Å². The number of allylic oxidation sites excluding steroid dienone is 1. The molecule has 2 aromatic carbocycles. The van der Waals surface area contributed by atoms with E-state index in [1.807, 2.05) is 12.2 Å². The first-order valence-electron chi connectivity index (χ1n) is 13.0. The van der Waals surface area contributed by atoms with E-state index in [0.717, 1.165) is 17.7 Å². The number of alkyl halides is 2. The minimum Gasteiger partial charge on any atom is -0.508 e. The Morgan fingerprint density at radius 3 is 2.56 bits per heavy atom. The minimum absolute atomic E-state index is 0.0192. The molecule has 0 saturated carbocycles.